The Morgan fingerprint density at radius 1 is 0.565 bits per heavy atom. The number of hydrogen-bond acceptors (Lipinski definition) is 19. The molecule has 2 aliphatic heterocycles. The first-order chi connectivity index (χ1) is 33.5. The van der Waals surface area contributed by atoms with Crippen molar-refractivity contribution in [1.29, 1.82) is 0 Å². The molecule has 3 rings (SSSR count). The Bertz CT molecular complexity index is 1640. The summed E-state index contributed by atoms with van der Waals surface area (Å²) in [7, 11) is 0. The minimum atomic E-state index is -1.08. The molecule has 1 fully saturated rings. The van der Waals surface area contributed by atoms with E-state index in [9.17, 15) is 28.8 Å². The molecule has 1 aromatic carbocycles. The van der Waals surface area contributed by atoms with Crippen LogP contribution in [0.25, 0.3) is 0 Å². The molecular formula is C47H75N3O19. The minimum absolute atomic E-state index is 0.0238. The van der Waals surface area contributed by atoms with Gasteiger partial charge in [-0.3, -0.25) is 34.2 Å². The van der Waals surface area contributed by atoms with Crippen molar-refractivity contribution in [2.45, 2.75) is 70.9 Å². The summed E-state index contributed by atoms with van der Waals surface area (Å²) < 4.78 is 70.8. The summed E-state index contributed by atoms with van der Waals surface area (Å²) in [6, 6.07) is 3.52. The van der Waals surface area contributed by atoms with Gasteiger partial charge >= 0.3 is 5.97 Å². The number of benzene rings is 1. The van der Waals surface area contributed by atoms with E-state index in [1.165, 1.54) is 6.07 Å². The van der Waals surface area contributed by atoms with Crippen molar-refractivity contribution in [2.75, 3.05) is 164 Å². The Labute approximate surface area is 405 Å². The number of unbranched alkanes of at least 4 members (excludes halogenated alkanes) is 2. The van der Waals surface area contributed by atoms with Gasteiger partial charge in [0, 0.05) is 19.4 Å². The lowest BCUT2D eigenvalue weighted by atomic mass is 10.0. The van der Waals surface area contributed by atoms with Gasteiger partial charge in [0.05, 0.1) is 162 Å². The lowest BCUT2D eigenvalue weighted by Gasteiger charge is -2.27. The first-order valence-electron chi connectivity index (χ1n) is 23.8. The number of ether oxygens (including phenoxy) is 13. The Hall–Kier alpha value is -4.04. The van der Waals surface area contributed by atoms with Gasteiger partial charge < -0.3 is 66.9 Å². The third kappa shape index (κ3) is 27.2. The van der Waals surface area contributed by atoms with E-state index in [2.05, 4.69) is 10.6 Å². The highest BCUT2D eigenvalue weighted by molar-refractivity contribution is 6.26. The van der Waals surface area contributed by atoms with Gasteiger partial charge in [0.2, 0.25) is 17.7 Å². The molecule has 0 radical (unpaired) electrons. The van der Waals surface area contributed by atoms with E-state index in [1.807, 2.05) is 0 Å². The highest BCUT2D eigenvalue weighted by Crippen LogP contribution is 2.32. The van der Waals surface area contributed by atoms with Crippen LogP contribution in [-0.4, -0.2) is 211 Å². The fourth-order valence-corrected chi connectivity index (χ4v) is 6.44. The largest absolute Gasteiger partial charge is 0.458 e. The highest BCUT2D eigenvalue weighted by atomic mass is 16.6. The number of anilines is 1. The normalized spacial score (nSPS) is 14.9. The molecule has 1 aromatic rings. The minimum Gasteiger partial charge on any atom is -0.458 e. The smallest absolute Gasteiger partial charge is 0.332 e. The summed E-state index contributed by atoms with van der Waals surface area (Å²) in [6.07, 6.45) is 2.41. The molecule has 2 aliphatic rings. The predicted molar refractivity (Wildman–Crippen MR) is 246 cm³/mol. The van der Waals surface area contributed by atoms with Crippen LogP contribution in [0.2, 0.25) is 0 Å². The Morgan fingerprint density at radius 2 is 0.986 bits per heavy atom. The summed E-state index contributed by atoms with van der Waals surface area (Å²) in [5.74, 6) is -3.14. The van der Waals surface area contributed by atoms with Crippen molar-refractivity contribution in [2.24, 2.45) is 0 Å². The molecule has 69 heavy (non-hydrogen) atoms. The van der Waals surface area contributed by atoms with Crippen LogP contribution in [0.5, 0.6) is 0 Å². The molecule has 0 saturated carbocycles. The Balaban J connectivity index is 0.959. The molecule has 1 saturated heterocycles. The van der Waals surface area contributed by atoms with Crippen molar-refractivity contribution in [1.82, 2.24) is 10.2 Å². The van der Waals surface area contributed by atoms with Crippen molar-refractivity contribution >= 4 is 41.2 Å². The van der Waals surface area contributed by atoms with Crippen molar-refractivity contribution < 1.29 is 90.3 Å². The van der Waals surface area contributed by atoms with Crippen LogP contribution in [0.1, 0.15) is 80.0 Å². The average molecular weight is 986 g/mol. The summed E-state index contributed by atoms with van der Waals surface area (Å²) in [5.41, 5.74) is -0.157. The molecule has 0 spiro atoms. The number of imide groups is 2. The zero-order chi connectivity index (χ0) is 49.8. The number of amides is 5. The third-order valence-electron chi connectivity index (χ3n) is 9.67. The number of nitrogens with zero attached hydrogens (tertiary/aromatic N) is 1. The van der Waals surface area contributed by atoms with Crippen LogP contribution in [0.3, 0.4) is 0 Å². The monoisotopic (exact) mass is 985 g/mol. The molecule has 1 atom stereocenters. The Morgan fingerprint density at radius 3 is 1.41 bits per heavy atom. The van der Waals surface area contributed by atoms with Crippen LogP contribution in [-0.2, 0) is 80.8 Å². The zero-order valence-corrected chi connectivity index (χ0v) is 40.7. The van der Waals surface area contributed by atoms with Gasteiger partial charge in [0.15, 0.2) is 0 Å². The number of piperidine rings is 1. The molecule has 2 N–H and O–H groups in total. The van der Waals surface area contributed by atoms with Gasteiger partial charge in [-0.15, -0.1) is 0 Å². The lowest BCUT2D eigenvalue weighted by molar-refractivity contribution is -0.160. The topological polar surface area (TPSA) is 250 Å². The van der Waals surface area contributed by atoms with Crippen molar-refractivity contribution in [3.8, 4) is 0 Å². The van der Waals surface area contributed by atoms with Crippen LogP contribution >= 0.6 is 0 Å². The first kappa shape index (κ1) is 59.3. The summed E-state index contributed by atoms with van der Waals surface area (Å²) in [6.45, 7) is 15.5. The molecule has 2 heterocycles. The second kappa shape index (κ2) is 36.8. The molecule has 392 valence electrons. The standard InChI is InChI=1S/C47H75N3O19/c1-47(2,3)69-42(53)36-68-35-34-67-33-32-66-31-30-65-29-28-64-27-26-63-25-24-62-23-22-61-21-20-60-19-18-59-17-16-58-15-14-57-13-6-4-5-10-40(51)48-38-9-7-8-37-43(38)46(56)50(45(37)55)39-11-12-41(52)49-44(39)54/h7-9,39H,4-6,10-36H2,1-3H3,(H,48,51)(H,49,52,54). The fraction of sp³-hybridized carbons (Fsp3) is 0.745. The molecule has 22 heteroatoms. The quantitative estimate of drug-likeness (QED) is 0.0540. The third-order valence-corrected chi connectivity index (χ3v) is 9.67. The molecule has 0 bridgehead atoms. The number of carbonyl (C=O) groups excluding carboxylic acids is 6. The fourth-order valence-electron chi connectivity index (χ4n) is 6.44. The maximum Gasteiger partial charge on any atom is 0.332 e. The van der Waals surface area contributed by atoms with E-state index >= 15 is 0 Å². The van der Waals surface area contributed by atoms with E-state index in [-0.39, 0.29) is 48.6 Å². The summed E-state index contributed by atoms with van der Waals surface area (Å²) in [4.78, 5) is 75.2. The van der Waals surface area contributed by atoms with E-state index < -0.39 is 41.2 Å². The second-order valence-electron chi connectivity index (χ2n) is 16.4. The molecule has 22 nitrogen and oxygen atoms in total. The van der Waals surface area contributed by atoms with E-state index in [0.29, 0.717) is 158 Å². The number of carbonyl (C=O) groups is 6. The average Bonchev–Trinajstić information content (AvgIpc) is 3.56. The van der Waals surface area contributed by atoms with Gasteiger partial charge in [-0.1, -0.05) is 12.5 Å². The molecule has 0 aliphatic carbocycles. The highest BCUT2D eigenvalue weighted by Gasteiger charge is 2.45. The number of esters is 1. The molecule has 0 aromatic heterocycles. The van der Waals surface area contributed by atoms with Gasteiger partial charge in [-0.2, -0.15) is 0 Å². The number of rotatable bonds is 43. The second-order valence-corrected chi connectivity index (χ2v) is 16.4. The maximum absolute atomic E-state index is 13.2. The summed E-state index contributed by atoms with van der Waals surface area (Å²) in [5, 5.41) is 4.90. The maximum atomic E-state index is 13.2. The number of fused-ring (bicyclic) bond motifs is 1. The summed E-state index contributed by atoms with van der Waals surface area (Å²) >= 11 is 0. The number of hydrogen-bond donors (Lipinski definition) is 2. The SMILES string of the molecule is CC(C)(C)OC(=O)COCCOCCOCCOCCOCCOCCOCCOCCOCCOCCOCCOCCCCCC(=O)Nc1cccc2c1C(=O)N(C1CCC(=O)NC1=O)C2=O. The lowest BCUT2D eigenvalue weighted by Crippen LogP contribution is -2.54. The molecule has 1 unspecified atom stereocenters. The van der Waals surface area contributed by atoms with Gasteiger partial charge in [-0.25, -0.2) is 4.79 Å². The Kier molecular flexibility index (Phi) is 31.6. The van der Waals surface area contributed by atoms with E-state index in [0.717, 1.165) is 17.7 Å². The number of nitrogens with one attached hydrogen (secondary N) is 2. The van der Waals surface area contributed by atoms with Gasteiger partial charge in [0.1, 0.15) is 18.2 Å². The van der Waals surface area contributed by atoms with Crippen LogP contribution in [0.4, 0.5) is 5.69 Å². The van der Waals surface area contributed by atoms with E-state index in [1.54, 1.807) is 32.9 Å². The van der Waals surface area contributed by atoms with Crippen molar-refractivity contribution in [3.63, 3.8) is 0 Å². The first-order valence-corrected chi connectivity index (χ1v) is 23.8. The van der Waals surface area contributed by atoms with Crippen LogP contribution in [0.15, 0.2) is 18.2 Å². The molecular weight excluding hydrogens is 911 g/mol. The zero-order valence-electron chi connectivity index (χ0n) is 40.7. The van der Waals surface area contributed by atoms with Gasteiger partial charge in [0.25, 0.3) is 11.8 Å². The van der Waals surface area contributed by atoms with Crippen molar-refractivity contribution in [3.05, 3.63) is 29.3 Å². The predicted octanol–water partition coefficient (Wildman–Crippen LogP) is 2.13. The van der Waals surface area contributed by atoms with Crippen LogP contribution in [0, 0.1) is 0 Å². The van der Waals surface area contributed by atoms with Gasteiger partial charge in [-0.05, 0) is 52.2 Å². The van der Waals surface area contributed by atoms with Crippen LogP contribution < -0.4 is 10.6 Å². The molecule has 5 amide bonds. The van der Waals surface area contributed by atoms with E-state index in [4.69, 9.17) is 61.6 Å².